The topological polar surface area (TPSA) is 73.8 Å². The van der Waals surface area contributed by atoms with Gasteiger partial charge in [-0.05, 0) is 49.1 Å². The number of halogens is 2. The number of benzene rings is 2. The predicted octanol–water partition coefficient (Wildman–Crippen LogP) is 3.49. The van der Waals surface area contributed by atoms with Gasteiger partial charge in [0.15, 0.2) is 5.96 Å². The maximum Gasteiger partial charge on any atom is 0.261 e. The lowest BCUT2D eigenvalue weighted by Gasteiger charge is -2.15. The highest BCUT2D eigenvalue weighted by Gasteiger charge is 2.34. The van der Waals surface area contributed by atoms with Gasteiger partial charge in [0.25, 0.3) is 11.8 Å². The van der Waals surface area contributed by atoms with E-state index in [1.165, 1.54) is 11.0 Å². The number of carbonyl (C=O) groups excluding carboxylic acids is 2. The second-order valence-corrected chi connectivity index (χ2v) is 6.95. The van der Waals surface area contributed by atoms with Crippen LogP contribution in [0.15, 0.2) is 47.5 Å². The Kier molecular flexibility index (Phi) is 8.76. The molecule has 1 heterocycles. The minimum Gasteiger partial charge on any atom is -0.356 e. The average molecular weight is 524 g/mol. The zero-order chi connectivity index (χ0) is 20.8. The van der Waals surface area contributed by atoms with E-state index in [0.29, 0.717) is 48.7 Å². The zero-order valence-corrected chi connectivity index (χ0v) is 19.4. The summed E-state index contributed by atoms with van der Waals surface area (Å²) >= 11 is 0. The highest BCUT2D eigenvalue weighted by atomic mass is 127. The lowest BCUT2D eigenvalue weighted by atomic mass is 10.1. The van der Waals surface area contributed by atoms with E-state index in [4.69, 9.17) is 0 Å². The number of rotatable bonds is 7. The summed E-state index contributed by atoms with van der Waals surface area (Å²) in [4.78, 5) is 30.1. The van der Waals surface area contributed by atoms with E-state index in [9.17, 15) is 14.0 Å². The normalized spacial score (nSPS) is 13.2. The van der Waals surface area contributed by atoms with Gasteiger partial charge < -0.3 is 10.6 Å². The molecule has 3 rings (SSSR count). The second kappa shape index (κ2) is 11.1. The lowest BCUT2D eigenvalue weighted by molar-refractivity contribution is 0.0652. The van der Waals surface area contributed by atoms with Crippen LogP contribution in [0.25, 0.3) is 0 Å². The number of nitrogens with zero attached hydrogens (tertiary/aromatic N) is 2. The van der Waals surface area contributed by atoms with E-state index < -0.39 is 0 Å². The summed E-state index contributed by atoms with van der Waals surface area (Å²) in [5, 5.41) is 6.40. The molecule has 2 amide bonds. The molecule has 8 heteroatoms. The van der Waals surface area contributed by atoms with Gasteiger partial charge in [0.1, 0.15) is 5.82 Å². The summed E-state index contributed by atoms with van der Waals surface area (Å²) in [6.45, 7) is 3.33. The van der Waals surface area contributed by atoms with Crippen LogP contribution >= 0.6 is 24.0 Å². The summed E-state index contributed by atoms with van der Waals surface area (Å²) in [5.74, 6) is -0.00159. The van der Waals surface area contributed by atoms with Gasteiger partial charge in [0.05, 0.1) is 11.1 Å². The molecule has 0 saturated carbocycles. The third-order valence-electron chi connectivity index (χ3n) is 4.89. The maximum atomic E-state index is 13.3. The van der Waals surface area contributed by atoms with E-state index in [2.05, 4.69) is 15.6 Å². The van der Waals surface area contributed by atoms with Crippen molar-refractivity contribution >= 4 is 41.8 Å². The predicted molar refractivity (Wildman–Crippen MR) is 126 cm³/mol. The minimum atomic E-state index is -0.217. The van der Waals surface area contributed by atoms with Crippen LogP contribution in [0.4, 0.5) is 4.39 Å². The van der Waals surface area contributed by atoms with Crippen molar-refractivity contribution < 1.29 is 14.0 Å². The molecule has 0 saturated heterocycles. The fourth-order valence-electron chi connectivity index (χ4n) is 3.27. The summed E-state index contributed by atoms with van der Waals surface area (Å²) in [5.41, 5.74) is 2.55. The van der Waals surface area contributed by atoms with Gasteiger partial charge in [-0.15, -0.1) is 24.0 Å². The standard InChI is InChI=1S/C22H25FN4O2.HI/c1-15-13-16(9-10-19(15)23)14-26-22(24-2)25-11-5-6-12-27-20(28)17-7-3-4-8-18(17)21(27)29;/h3-4,7-10,13H,5-6,11-12,14H2,1-2H3,(H2,24,25,26);1H. The quantitative estimate of drug-likeness (QED) is 0.191. The first-order valence-corrected chi connectivity index (χ1v) is 9.66. The maximum absolute atomic E-state index is 13.3. The molecule has 0 fully saturated rings. The second-order valence-electron chi connectivity index (χ2n) is 6.95. The summed E-state index contributed by atoms with van der Waals surface area (Å²) < 4.78 is 13.3. The number of amides is 2. The number of aliphatic imine (C=N–C) groups is 1. The van der Waals surface area contributed by atoms with Gasteiger partial charge >= 0.3 is 0 Å². The Morgan fingerprint density at radius 1 is 1.03 bits per heavy atom. The van der Waals surface area contributed by atoms with Gasteiger partial charge in [-0.1, -0.05) is 24.3 Å². The third kappa shape index (κ3) is 5.56. The van der Waals surface area contributed by atoms with Gasteiger partial charge in [-0.25, -0.2) is 4.39 Å². The zero-order valence-electron chi connectivity index (χ0n) is 17.1. The number of nitrogens with one attached hydrogen (secondary N) is 2. The van der Waals surface area contributed by atoms with Crippen molar-refractivity contribution in [1.82, 2.24) is 15.5 Å². The number of unbranched alkanes of at least 4 members (excludes halogenated alkanes) is 1. The Hall–Kier alpha value is -2.49. The monoisotopic (exact) mass is 524 g/mol. The van der Waals surface area contributed by atoms with Crippen LogP contribution in [-0.2, 0) is 6.54 Å². The van der Waals surface area contributed by atoms with Crippen molar-refractivity contribution in [2.45, 2.75) is 26.3 Å². The van der Waals surface area contributed by atoms with E-state index >= 15 is 0 Å². The van der Waals surface area contributed by atoms with Crippen LogP contribution in [0.2, 0.25) is 0 Å². The summed E-state index contributed by atoms with van der Waals surface area (Å²) in [6, 6.07) is 11.9. The average Bonchev–Trinajstić information content (AvgIpc) is 2.97. The molecule has 30 heavy (non-hydrogen) atoms. The van der Waals surface area contributed by atoms with Crippen molar-refractivity contribution in [1.29, 1.82) is 0 Å². The molecule has 2 N–H and O–H groups in total. The molecular weight excluding hydrogens is 498 g/mol. The fraction of sp³-hybridized carbons (Fsp3) is 0.318. The number of hydrogen-bond donors (Lipinski definition) is 2. The highest BCUT2D eigenvalue weighted by Crippen LogP contribution is 2.22. The number of imide groups is 1. The number of aryl methyl sites for hydroxylation is 1. The fourth-order valence-corrected chi connectivity index (χ4v) is 3.27. The molecule has 0 atom stereocenters. The molecule has 0 bridgehead atoms. The first-order valence-electron chi connectivity index (χ1n) is 9.66. The minimum absolute atomic E-state index is 0. The van der Waals surface area contributed by atoms with Crippen LogP contribution in [0, 0.1) is 12.7 Å². The number of hydrogen-bond acceptors (Lipinski definition) is 3. The molecule has 0 radical (unpaired) electrons. The Labute approximate surface area is 193 Å². The largest absolute Gasteiger partial charge is 0.356 e. The molecule has 0 spiro atoms. The van der Waals surface area contributed by atoms with Crippen molar-refractivity contribution in [3.8, 4) is 0 Å². The molecule has 160 valence electrons. The van der Waals surface area contributed by atoms with Gasteiger partial charge in [-0.3, -0.25) is 19.5 Å². The number of fused-ring (bicyclic) bond motifs is 1. The van der Waals surface area contributed by atoms with Crippen LogP contribution < -0.4 is 10.6 Å². The molecule has 2 aromatic rings. The Balaban J connectivity index is 0.00000320. The first-order chi connectivity index (χ1) is 14.0. The number of guanidine groups is 1. The molecule has 1 aliphatic heterocycles. The Morgan fingerprint density at radius 3 is 2.30 bits per heavy atom. The molecule has 6 nitrogen and oxygen atoms in total. The highest BCUT2D eigenvalue weighted by molar-refractivity contribution is 14.0. The van der Waals surface area contributed by atoms with Crippen molar-refractivity contribution in [2.75, 3.05) is 20.1 Å². The molecular formula is C22H26FIN4O2. The van der Waals surface area contributed by atoms with Crippen LogP contribution in [0.3, 0.4) is 0 Å². The molecule has 0 aromatic heterocycles. The van der Waals surface area contributed by atoms with E-state index in [0.717, 1.165) is 12.0 Å². The molecule has 0 unspecified atom stereocenters. The van der Waals surface area contributed by atoms with Crippen molar-refractivity contribution in [3.05, 3.63) is 70.5 Å². The van der Waals surface area contributed by atoms with Gasteiger partial charge in [-0.2, -0.15) is 0 Å². The SMILES string of the molecule is CN=C(NCCCCN1C(=O)c2ccccc2C1=O)NCc1ccc(F)c(C)c1.I. The van der Waals surface area contributed by atoms with Crippen LogP contribution in [0.1, 0.15) is 44.7 Å². The van der Waals surface area contributed by atoms with Gasteiger partial charge in [0, 0.05) is 26.7 Å². The summed E-state index contributed by atoms with van der Waals surface area (Å²) in [6.07, 6.45) is 1.48. The van der Waals surface area contributed by atoms with E-state index in [1.54, 1.807) is 50.4 Å². The van der Waals surface area contributed by atoms with Crippen molar-refractivity contribution in [2.24, 2.45) is 4.99 Å². The third-order valence-corrected chi connectivity index (χ3v) is 4.89. The van der Waals surface area contributed by atoms with Crippen LogP contribution in [-0.4, -0.2) is 42.8 Å². The molecule has 0 aliphatic carbocycles. The Bertz CT molecular complexity index is 913. The van der Waals surface area contributed by atoms with Crippen molar-refractivity contribution in [3.63, 3.8) is 0 Å². The molecule has 2 aromatic carbocycles. The smallest absolute Gasteiger partial charge is 0.261 e. The summed E-state index contributed by atoms with van der Waals surface area (Å²) in [7, 11) is 1.68. The van der Waals surface area contributed by atoms with Crippen LogP contribution in [0.5, 0.6) is 0 Å². The van der Waals surface area contributed by atoms with Gasteiger partial charge in [0.2, 0.25) is 0 Å². The lowest BCUT2D eigenvalue weighted by Crippen LogP contribution is -2.37. The number of carbonyl (C=O) groups is 2. The Morgan fingerprint density at radius 2 is 1.70 bits per heavy atom. The first kappa shape index (κ1) is 23.8. The van der Waals surface area contributed by atoms with E-state index in [-0.39, 0.29) is 41.6 Å². The molecule has 1 aliphatic rings. The van der Waals surface area contributed by atoms with E-state index in [1.807, 2.05) is 0 Å².